The zero-order valence-corrected chi connectivity index (χ0v) is 18.1. The molecule has 0 bridgehead atoms. The van der Waals surface area contributed by atoms with Gasteiger partial charge in [0.25, 0.3) is 0 Å². The van der Waals surface area contributed by atoms with Crippen LogP contribution in [0.25, 0.3) is 21.9 Å². The molecule has 164 valence electrons. The van der Waals surface area contributed by atoms with Crippen LogP contribution in [0.15, 0.2) is 48.9 Å². The molecule has 2 aliphatic rings. The van der Waals surface area contributed by atoms with Crippen molar-refractivity contribution in [2.45, 2.75) is 38.1 Å². The minimum atomic E-state index is 0.425. The molecule has 2 unspecified atom stereocenters. The summed E-state index contributed by atoms with van der Waals surface area (Å²) in [6.07, 6.45) is 9.65. The van der Waals surface area contributed by atoms with Gasteiger partial charge in [-0.3, -0.25) is 0 Å². The molecule has 4 aromatic rings. The summed E-state index contributed by atoms with van der Waals surface area (Å²) in [7, 11) is 0. The minimum absolute atomic E-state index is 0.425. The highest BCUT2D eigenvalue weighted by Crippen LogP contribution is 2.37. The van der Waals surface area contributed by atoms with Crippen LogP contribution in [0.3, 0.4) is 0 Å². The third kappa shape index (κ3) is 3.83. The lowest BCUT2D eigenvalue weighted by molar-refractivity contribution is 0.248. The van der Waals surface area contributed by atoms with Crippen molar-refractivity contribution in [1.82, 2.24) is 19.5 Å². The molecule has 6 rings (SSSR count). The van der Waals surface area contributed by atoms with Crippen LogP contribution in [0.2, 0.25) is 0 Å². The monoisotopic (exact) mass is 428 g/mol. The Bertz CT molecular complexity index is 1260. The first-order chi connectivity index (χ1) is 15.7. The predicted octanol–water partition coefficient (Wildman–Crippen LogP) is 4.80. The summed E-state index contributed by atoms with van der Waals surface area (Å²) in [6.45, 7) is 1.74. The van der Waals surface area contributed by atoms with Gasteiger partial charge in [0.05, 0.1) is 17.5 Å². The second-order valence-electron chi connectivity index (χ2n) is 9.24. The largest absolute Gasteiger partial charge is 0.493 e. The van der Waals surface area contributed by atoms with Gasteiger partial charge in [0.1, 0.15) is 29.4 Å². The van der Waals surface area contributed by atoms with Gasteiger partial charge in [0, 0.05) is 30.2 Å². The molecule has 3 aromatic heterocycles. The van der Waals surface area contributed by atoms with E-state index in [-0.39, 0.29) is 0 Å². The number of aromatic nitrogens is 4. The van der Waals surface area contributed by atoms with Crippen molar-refractivity contribution in [2.24, 2.45) is 11.8 Å². The SMILES string of the molecule is Nc1ncnc2c1ccn2C1CCC(COc2ccc3ccc(NCC4CC4)nc3c2)C1. The van der Waals surface area contributed by atoms with Gasteiger partial charge in [0.15, 0.2) is 0 Å². The van der Waals surface area contributed by atoms with E-state index in [0.717, 1.165) is 71.8 Å². The van der Waals surface area contributed by atoms with Gasteiger partial charge < -0.3 is 20.4 Å². The molecule has 0 radical (unpaired) electrons. The zero-order chi connectivity index (χ0) is 21.5. The van der Waals surface area contributed by atoms with Gasteiger partial charge >= 0.3 is 0 Å². The smallest absolute Gasteiger partial charge is 0.145 e. The van der Waals surface area contributed by atoms with Crippen LogP contribution in [0.5, 0.6) is 5.75 Å². The molecule has 1 aromatic carbocycles. The fourth-order valence-corrected chi connectivity index (χ4v) is 4.81. The molecule has 2 aliphatic carbocycles. The van der Waals surface area contributed by atoms with Crippen LogP contribution in [0.1, 0.15) is 38.1 Å². The molecule has 0 amide bonds. The lowest BCUT2D eigenvalue weighted by atomic mass is 10.1. The maximum atomic E-state index is 6.20. The fourth-order valence-electron chi connectivity index (χ4n) is 4.81. The number of nitrogen functional groups attached to an aromatic ring is 1. The number of benzene rings is 1. The first kappa shape index (κ1) is 19.3. The number of ether oxygens (including phenoxy) is 1. The Hall–Kier alpha value is -3.35. The maximum Gasteiger partial charge on any atom is 0.145 e. The van der Waals surface area contributed by atoms with Crippen LogP contribution in [0, 0.1) is 11.8 Å². The highest BCUT2D eigenvalue weighted by atomic mass is 16.5. The highest BCUT2D eigenvalue weighted by molar-refractivity contribution is 5.86. The highest BCUT2D eigenvalue weighted by Gasteiger charge is 2.27. The number of nitrogens with two attached hydrogens (primary N) is 1. The number of hydrogen-bond donors (Lipinski definition) is 2. The van der Waals surface area contributed by atoms with Crippen LogP contribution in [-0.2, 0) is 0 Å². The van der Waals surface area contributed by atoms with Crippen molar-refractivity contribution in [1.29, 1.82) is 0 Å². The van der Waals surface area contributed by atoms with Gasteiger partial charge in [-0.05, 0) is 74.3 Å². The van der Waals surface area contributed by atoms with Crippen molar-refractivity contribution in [3.05, 3.63) is 48.9 Å². The number of nitrogens with zero attached hydrogens (tertiary/aromatic N) is 4. The summed E-state index contributed by atoms with van der Waals surface area (Å²) in [5, 5.41) is 5.53. The molecular weight excluding hydrogens is 400 g/mol. The third-order valence-corrected chi connectivity index (χ3v) is 6.87. The average molecular weight is 429 g/mol. The quantitative estimate of drug-likeness (QED) is 0.439. The molecule has 7 heteroatoms. The Kier molecular flexibility index (Phi) is 4.82. The van der Waals surface area contributed by atoms with Crippen molar-refractivity contribution in [3.63, 3.8) is 0 Å². The van der Waals surface area contributed by atoms with Crippen LogP contribution < -0.4 is 15.8 Å². The molecule has 0 aliphatic heterocycles. The number of anilines is 2. The van der Waals surface area contributed by atoms with Crippen molar-refractivity contribution in [3.8, 4) is 5.75 Å². The van der Waals surface area contributed by atoms with Crippen molar-refractivity contribution >= 4 is 33.6 Å². The molecule has 3 N–H and O–H groups in total. The van der Waals surface area contributed by atoms with Gasteiger partial charge in [-0.1, -0.05) is 0 Å². The predicted molar refractivity (Wildman–Crippen MR) is 127 cm³/mol. The topological polar surface area (TPSA) is 90.9 Å². The summed E-state index contributed by atoms with van der Waals surface area (Å²) in [4.78, 5) is 13.3. The van der Waals surface area contributed by atoms with Gasteiger partial charge in [-0.25, -0.2) is 15.0 Å². The molecule has 32 heavy (non-hydrogen) atoms. The summed E-state index contributed by atoms with van der Waals surface area (Å²) in [6, 6.07) is 12.8. The molecule has 2 fully saturated rings. The van der Waals surface area contributed by atoms with Crippen molar-refractivity contribution < 1.29 is 4.74 Å². The Balaban J connectivity index is 1.10. The summed E-state index contributed by atoms with van der Waals surface area (Å²) >= 11 is 0. The van der Waals surface area contributed by atoms with E-state index in [1.807, 2.05) is 12.1 Å². The Morgan fingerprint density at radius 3 is 2.81 bits per heavy atom. The van der Waals surface area contributed by atoms with Crippen LogP contribution in [-0.4, -0.2) is 32.7 Å². The van der Waals surface area contributed by atoms with E-state index < -0.39 is 0 Å². The number of rotatable bonds is 7. The van der Waals surface area contributed by atoms with Crippen LogP contribution >= 0.6 is 0 Å². The third-order valence-electron chi connectivity index (χ3n) is 6.87. The van der Waals surface area contributed by atoms with E-state index in [0.29, 0.717) is 17.8 Å². The summed E-state index contributed by atoms with van der Waals surface area (Å²) in [5.41, 5.74) is 7.90. The van der Waals surface area contributed by atoms with Crippen LogP contribution in [0.4, 0.5) is 11.6 Å². The second-order valence-corrected chi connectivity index (χ2v) is 9.24. The first-order valence-electron chi connectivity index (χ1n) is 11.6. The van der Waals surface area contributed by atoms with E-state index in [9.17, 15) is 0 Å². The Morgan fingerprint density at radius 1 is 1.03 bits per heavy atom. The van der Waals surface area contributed by atoms with E-state index in [2.05, 4.69) is 50.3 Å². The van der Waals surface area contributed by atoms with E-state index >= 15 is 0 Å². The lowest BCUT2D eigenvalue weighted by Gasteiger charge is -2.15. The molecule has 2 atom stereocenters. The summed E-state index contributed by atoms with van der Waals surface area (Å²) < 4.78 is 8.46. The maximum absolute atomic E-state index is 6.20. The number of hydrogen-bond acceptors (Lipinski definition) is 6. The number of fused-ring (bicyclic) bond motifs is 2. The average Bonchev–Trinajstić information content (AvgIpc) is 3.34. The minimum Gasteiger partial charge on any atom is -0.493 e. The Labute approximate surface area is 187 Å². The lowest BCUT2D eigenvalue weighted by Crippen LogP contribution is -2.11. The molecule has 7 nitrogen and oxygen atoms in total. The zero-order valence-electron chi connectivity index (χ0n) is 18.1. The summed E-state index contributed by atoms with van der Waals surface area (Å²) in [5.74, 6) is 3.73. The van der Waals surface area contributed by atoms with Gasteiger partial charge in [-0.2, -0.15) is 0 Å². The molecule has 0 saturated heterocycles. The molecule has 0 spiro atoms. The molecule has 3 heterocycles. The van der Waals surface area contributed by atoms with Gasteiger partial charge in [-0.15, -0.1) is 0 Å². The normalized spacial score (nSPS) is 20.8. The van der Waals surface area contributed by atoms with E-state index in [1.165, 1.54) is 12.8 Å². The van der Waals surface area contributed by atoms with Crippen molar-refractivity contribution in [2.75, 3.05) is 24.2 Å². The van der Waals surface area contributed by atoms with E-state index in [1.54, 1.807) is 6.33 Å². The number of pyridine rings is 1. The Morgan fingerprint density at radius 2 is 1.91 bits per heavy atom. The standard InChI is InChI=1S/C25H28N6O/c26-24-21-9-10-31(25(21)29-15-28-24)19-6-3-17(11-19)14-32-20-7-4-18-5-8-23(30-22(18)12-20)27-13-16-1-2-16/h4-5,7-10,12,15-17,19H,1-3,6,11,13-14H2,(H,27,30)(H2,26,28,29). The number of nitrogens with one attached hydrogen (secondary N) is 1. The molecular formula is C25H28N6O. The van der Waals surface area contributed by atoms with Gasteiger partial charge in [0.2, 0.25) is 0 Å². The first-order valence-corrected chi connectivity index (χ1v) is 11.6. The fraction of sp³-hybridized carbons (Fsp3) is 0.400. The molecule has 2 saturated carbocycles. The van der Waals surface area contributed by atoms with E-state index in [4.69, 9.17) is 15.5 Å². The second kappa shape index (κ2) is 7.97.